The molecule has 3 nitrogen and oxygen atoms in total. The fourth-order valence-electron chi connectivity index (χ4n) is 2.49. The van der Waals surface area contributed by atoms with E-state index in [0.29, 0.717) is 11.0 Å². The molecule has 1 aromatic carbocycles. The molecule has 0 bridgehead atoms. The monoisotopic (exact) mass is 342 g/mol. The third-order valence-electron chi connectivity index (χ3n) is 3.58. The zero-order valence-electron chi connectivity index (χ0n) is 11.5. The predicted octanol–water partition coefficient (Wildman–Crippen LogP) is 3.19. The van der Waals surface area contributed by atoms with Crippen LogP contribution in [0.3, 0.4) is 0 Å². The summed E-state index contributed by atoms with van der Waals surface area (Å²) in [6, 6.07) is 4.55. The minimum absolute atomic E-state index is 0.0884. The van der Waals surface area contributed by atoms with Crippen LogP contribution in [-0.4, -0.2) is 37.0 Å². The van der Waals surface area contributed by atoms with Gasteiger partial charge in [0.2, 0.25) is 0 Å². The largest absolute Gasteiger partial charge is 0.352 e. The quantitative estimate of drug-likeness (QED) is 0.833. The van der Waals surface area contributed by atoms with Crippen LogP contribution < -0.4 is 5.32 Å². The molecule has 0 aromatic heterocycles. The molecule has 1 saturated heterocycles. The van der Waals surface area contributed by atoms with Crippen molar-refractivity contribution in [2.75, 3.05) is 26.2 Å². The first kappa shape index (κ1) is 15.4. The van der Waals surface area contributed by atoms with Crippen molar-refractivity contribution >= 4 is 21.8 Å². The highest BCUT2D eigenvalue weighted by Gasteiger charge is 2.15. The second-order valence-corrected chi connectivity index (χ2v) is 5.96. The maximum absolute atomic E-state index is 13.6. The summed E-state index contributed by atoms with van der Waals surface area (Å²) < 4.78 is 14.1. The Kier molecular flexibility index (Phi) is 5.98. The standard InChI is InChI=1S/C15H20BrFN2O/c16-12-6-4-7-13(17)14(12)15(20)18-8-5-11-19-9-2-1-3-10-19/h4,6-7H,1-3,5,8-11H2,(H,18,20). The Hall–Kier alpha value is -0.940. The van der Waals surface area contributed by atoms with Gasteiger partial charge in [-0.05, 0) is 67.0 Å². The highest BCUT2D eigenvalue weighted by atomic mass is 79.9. The SMILES string of the molecule is O=C(NCCCN1CCCCC1)c1c(F)cccc1Br. The molecule has 2 rings (SSSR count). The van der Waals surface area contributed by atoms with E-state index in [1.165, 1.54) is 25.3 Å². The topological polar surface area (TPSA) is 32.3 Å². The van der Waals surface area contributed by atoms with Crippen LogP contribution in [-0.2, 0) is 0 Å². The third kappa shape index (κ3) is 4.28. The van der Waals surface area contributed by atoms with Crippen LogP contribution in [0.5, 0.6) is 0 Å². The summed E-state index contributed by atoms with van der Waals surface area (Å²) in [4.78, 5) is 14.4. The van der Waals surface area contributed by atoms with Gasteiger partial charge in [-0.25, -0.2) is 4.39 Å². The Balaban J connectivity index is 1.75. The van der Waals surface area contributed by atoms with Crippen LogP contribution in [0.2, 0.25) is 0 Å². The van der Waals surface area contributed by atoms with Gasteiger partial charge in [0.15, 0.2) is 0 Å². The molecule has 1 amide bonds. The molecule has 0 atom stereocenters. The second kappa shape index (κ2) is 7.74. The van der Waals surface area contributed by atoms with E-state index in [1.807, 2.05) is 0 Å². The molecule has 20 heavy (non-hydrogen) atoms. The summed E-state index contributed by atoms with van der Waals surface area (Å²) in [5, 5.41) is 2.78. The number of nitrogens with zero attached hydrogens (tertiary/aromatic N) is 1. The van der Waals surface area contributed by atoms with E-state index in [2.05, 4.69) is 26.1 Å². The number of hydrogen-bond donors (Lipinski definition) is 1. The van der Waals surface area contributed by atoms with Crippen molar-refractivity contribution in [3.8, 4) is 0 Å². The zero-order chi connectivity index (χ0) is 14.4. The molecular formula is C15H20BrFN2O. The number of carbonyl (C=O) groups excluding carboxylic acids is 1. The van der Waals surface area contributed by atoms with Gasteiger partial charge in [0.05, 0.1) is 5.56 Å². The maximum atomic E-state index is 13.6. The van der Waals surface area contributed by atoms with E-state index in [4.69, 9.17) is 0 Å². The van der Waals surface area contributed by atoms with E-state index < -0.39 is 5.82 Å². The molecule has 1 aliphatic heterocycles. The summed E-state index contributed by atoms with van der Waals surface area (Å²) in [7, 11) is 0. The Bertz CT molecular complexity index is 441. The summed E-state index contributed by atoms with van der Waals surface area (Å²) in [6.45, 7) is 3.90. The molecule has 0 spiro atoms. The van der Waals surface area contributed by atoms with Gasteiger partial charge in [0, 0.05) is 11.0 Å². The zero-order valence-corrected chi connectivity index (χ0v) is 13.1. The van der Waals surface area contributed by atoms with Crippen LogP contribution in [0, 0.1) is 5.82 Å². The molecule has 5 heteroatoms. The predicted molar refractivity (Wildman–Crippen MR) is 81.3 cm³/mol. The number of rotatable bonds is 5. The lowest BCUT2D eigenvalue weighted by Crippen LogP contribution is -2.33. The van der Waals surface area contributed by atoms with Crippen molar-refractivity contribution in [2.45, 2.75) is 25.7 Å². The molecule has 0 saturated carbocycles. The molecule has 1 aromatic rings. The summed E-state index contributed by atoms with van der Waals surface area (Å²) in [5.74, 6) is -0.846. The van der Waals surface area contributed by atoms with Crippen LogP contribution in [0.25, 0.3) is 0 Å². The molecule has 1 aliphatic rings. The smallest absolute Gasteiger partial charge is 0.255 e. The van der Waals surface area contributed by atoms with E-state index in [1.54, 1.807) is 12.1 Å². The number of nitrogens with one attached hydrogen (secondary N) is 1. The second-order valence-electron chi connectivity index (χ2n) is 5.11. The highest BCUT2D eigenvalue weighted by Crippen LogP contribution is 2.19. The third-order valence-corrected chi connectivity index (χ3v) is 4.24. The Morgan fingerprint density at radius 2 is 2.05 bits per heavy atom. The number of likely N-dealkylation sites (tertiary alicyclic amines) is 1. The van der Waals surface area contributed by atoms with Crippen molar-refractivity contribution in [1.82, 2.24) is 10.2 Å². The van der Waals surface area contributed by atoms with Gasteiger partial charge in [-0.1, -0.05) is 12.5 Å². The van der Waals surface area contributed by atoms with Gasteiger partial charge >= 0.3 is 0 Å². The van der Waals surface area contributed by atoms with Gasteiger partial charge in [0.25, 0.3) is 5.91 Å². The lowest BCUT2D eigenvalue weighted by Gasteiger charge is -2.26. The van der Waals surface area contributed by atoms with Crippen LogP contribution >= 0.6 is 15.9 Å². The first-order valence-corrected chi connectivity index (χ1v) is 7.92. The summed E-state index contributed by atoms with van der Waals surface area (Å²) in [5.41, 5.74) is 0.0884. The molecule has 0 aliphatic carbocycles. The summed E-state index contributed by atoms with van der Waals surface area (Å²) in [6.07, 6.45) is 4.77. The normalized spacial score (nSPS) is 16.1. The van der Waals surface area contributed by atoms with Crippen LogP contribution in [0.1, 0.15) is 36.0 Å². The Morgan fingerprint density at radius 3 is 2.75 bits per heavy atom. The Morgan fingerprint density at radius 1 is 1.30 bits per heavy atom. The van der Waals surface area contributed by atoms with Crippen molar-refractivity contribution in [3.63, 3.8) is 0 Å². The molecule has 0 radical (unpaired) electrons. The molecule has 1 N–H and O–H groups in total. The first-order chi connectivity index (χ1) is 9.68. The molecule has 1 heterocycles. The number of piperidine rings is 1. The average molecular weight is 343 g/mol. The fraction of sp³-hybridized carbons (Fsp3) is 0.533. The minimum Gasteiger partial charge on any atom is -0.352 e. The summed E-state index contributed by atoms with van der Waals surface area (Å²) >= 11 is 3.21. The molecule has 110 valence electrons. The van der Waals surface area contributed by atoms with Crippen molar-refractivity contribution < 1.29 is 9.18 Å². The number of halogens is 2. The van der Waals surface area contributed by atoms with Crippen LogP contribution in [0.15, 0.2) is 22.7 Å². The molecule has 0 unspecified atom stereocenters. The fourth-order valence-corrected chi connectivity index (χ4v) is 3.01. The molecule has 1 fully saturated rings. The number of amides is 1. The van der Waals surface area contributed by atoms with Gasteiger partial charge in [-0.15, -0.1) is 0 Å². The average Bonchev–Trinajstić information content (AvgIpc) is 2.44. The Labute approximate surface area is 127 Å². The van der Waals surface area contributed by atoms with Gasteiger partial charge in [-0.3, -0.25) is 4.79 Å². The van der Waals surface area contributed by atoms with E-state index >= 15 is 0 Å². The first-order valence-electron chi connectivity index (χ1n) is 7.13. The van der Waals surface area contributed by atoms with Gasteiger partial charge in [0.1, 0.15) is 5.82 Å². The van der Waals surface area contributed by atoms with Crippen molar-refractivity contribution in [3.05, 3.63) is 34.1 Å². The van der Waals surface area contributed by atoms with Crippen LogP contribution in [0.4, 0.5) is 4.39 Å². The number of benzene rings is 1. The van der Waals surface area contributed by atoms with Crippen molar-refractivity contribution in [1.29, 1.82) is 0 Å². The number of hydrogen-bond acceptors (Lipinski definition) is 2. The van der Waals surface area contributed by atoms with E-state index in [0.717, 1.165) is 26.1 Å². The van der Waals surface area contributed by atoms with Gasteiger partial charge in [-0.2, -0.15) is 0 Å². The van der Waals surface area contributed by atoms with E-state index in [-0.39, 0.29) is 11.5 Å². The highest BCUT2D eigenvalue weighted by molar-refractivity contribution is 9.10. The molecular weight excluding hydrogens is 323 g/mol. The lowest BCUT2D eigenvalue weighted by molar-refractivity contribution is 0.0946. The van der Waals surface area contributed by atoms with Gasteiger partial charge < -0.3 is 10.2 Å². The minimum atomic E-state index is -0.493. The number of carbonyl (C=O) groups is 1. The van der Waals surface area contributed by atoms with E-state index in [9.17, 15) is 9.18 Å². The lowest BCUT2D eigenvalue weighted by atomic mass is 10.1. The van der Waals surface area contributed by atoms with Crippen molar-refractivity contribution in [2.24, 2.45) is 0 Å². The maximum Gasteiger partial charge on any atom is 0.255 e.